The van der Waals surface area contributed by atoms with Crippen LogP contribution in [0, 0.1) is 6.92 Å². The smallest absolute Gasteiger partial charge is 0.232 e. The minimum absolute atomic E-state index is 0.0830. The fraction of sp³-hybridized carbons (Fsp3) is 0.235. The Morgan fingerprint density at radius 1 is 1.20 bits per heavy atom. The molecule has 0 spiro atoms. The fourth-order valence-electron chi connectivity index (χ4n) is 2.78. The van der Waals surface area contributed by atoms with E-state index >= 15 is 0 Å². The summed E-state index contributed by atoms with van der Waals surface area (Å²) >= 11 is 0. The molecule has 20 heavy (non-hydrogen) atoms. The second kappa shape index (κ2) is 5.00. The SMILES string of the molecule is COc1ccc(C[C@H]2C(=O)Nc3ccccc32)cc1C. The summed E-state index contributed by atoms with van der Waals surface area (Å²) in [4.78, 5) is 12.1. The van der Waals surface area contributed by atoms with Gasteiger partial charge in [0.2, 0.25) is 5.91 Å². The van der Waals surface area contributed by atoms with E-state index in [4.69, 9.17) is 4.74 Å². The van der Waals surface area contributed by atoms with E-state index in [0.29, 0.717) is 6.42 Å². The molecule has 3 nitrogen and oxygen atoms in total. The summed E-state index contributed by atoms with van der Waals surface area (Å²) in [5, 5.41) is 2.94. The van der Waals surface area contributed by atoms with Crippen LogP contribution in [-0.4, -0.2) is 13.0 Å². The Kier molecular flexibility index (Phi) is 3.18. The molecular weight excluding hydrogens is 250 g/mol. The average Bonchev–Trinajstić information content (AvgIpc) is 2.76. The number of amides is 1. The highest BCUT2D eigenvalue weighted by Crippen LogP contribution is 2.34. The Morgan fingerprint density at radius 3 is 2.75 bits per heavy atom. The zero-order valence-electron chi connectivity index (χ0n) is 11.6. The van der Waals surface area contributed by atoms with Gasteiger partial charge in [-0.2, -0.15) is 0 Å². The molecule has 0 bridgehead atoms. The van der Waals surface area contributed by atoms with Gasteiger partial charge in [0.15, 0.2) is 0 Å². The number of hydrogen-bond acceptors (Lipinski definition) is 2. The standard InChI is InChI=1S/C17H17NO2/c1-11-9-12(7-8-16(11)20-2)10-14-13-5-3-4-6-15(13)18-17(14)19/h3-9,14H,10H2,1-2H3,(H,18,19)/t14-/m1/s1. The lowest BCUT2D eigenvalue weighted by molar-refractivity contribution is -0.117. The van der Waals surface area contributed by atoms with Crippen LogP contribution in [0.3, 0.4) is 0 Å². The van der Waals surface area contributed by atoms with E-state index in [1.165, 1.54) is 0 Å². The van der Waals surface area contributed by atoms with E-state index in [2.05, 4.69) is 11.4 Å². The summed E-state index contributed by atoms with van der Waals surface area (Å²) in [6.07, 6.45) is 0.716. The number of carbonyl (C=O) groups is 1. The van der Waals surface area contributed by atoms with Crippen molar-refractivity contribution in [3.05, 3.63) is 59.2 Å². The van der Waals surface area contributed by atoms with Crippen LogP contribution in [0.25, 0.3) is 0 Å². The number of aryl methyl sites for hydroxylation is 1. The number of para-hydroxylation sites is 1. The first-order valence-corrected chi connectivity index (χ1v) is 6.72. The molecule has 102 valence electrons. The molecule has 2 aromatic rings. The maximum Gasteiger partial charge on any atom is 0.232 e. The van der Waals surface area contributed by atoms with Crippen molar-refractivity contribution in [2.75, 3.05) is 12.4 Å². The molecule has 1 amide bonds. The third-order valence-electron chi connectivity index (χ3n) is 3.81. The quantitative estimate of drug-likeness (QED) is 0.926. The van der Waals surface area contributed by atoms with E-state index in [0.717, 1.165) is 28.1 Å². The Labute approximate surface area is 118 Å². The van der Waals surface area contributed by atoms with Gasteiger partial charge in [0.05, 0.1) is 13.0 Å². The number of methoxy groups -OCH3 is 1. The van der Waals surface area contributed by atoms with Crippen molar-refractivity contribution in [1.29, 1.82) is 0 Å². The maximum atomic E-state index is 12.1. The predicted octanol–water partition coefficient (Wildman–Crippen LogP) is 3.28. The summed E-state index contributed by atoms with van der Waals surface area (Å²) in [6, 6.07) is 14.0. The van der Waals surface area contributed by atoms with Gasteiger partial charge < -0.3 is 10.1 Å². The second-order valence-electron chi connectivity index (χ2n) is 5.14. The Bertz CT molecular complexity index is 664. The van der Waals surface area contributed by atoms with Crippen molar-refractivity contribution < 1.29 is 9.53 Å². The number of ether oxygens (including phenoxy) is 1. The van der Waals surface area contributed by atoms with Crippen LogP contribution >= 0.6 is 0 Å². The molecule has 0 aromatic heterocycles. The van der Waals surface area contributed by atoms with Crippen molar-refractivity contribution >= 4 is 11.6 Å². The Balaban J connectivity index is 1.88. The molecule has 0 saturated heterocycles. The molecule has 1 aliphatic rings. The average molecular weight is 267 g/mol. The molecule has 0 fully saturated rings. The number of hydrogen-bond donors (Lipinski definition) is 1. The van der Waals surface area contributed by atoms with Gasteiger partial charge in [-0.25, -0.2) is 0 Å². The molecule has 1 N–H and O–H groups in total. The molecular formula is C17H17NO2. The first-order valence-electron chi connectivity index (χ1n) is 6.72. The molecule has 0 aliphatic carbocycles. The van der Waals surface area contributed by atoms with E-state index < -0.39 is 0 Å². The molecule has 3 rings (SSSR count). The lowest BCUT2D eigenvalue weighted by atomic mass is 9.92. The molecule has 0 unspecified atom stereocenters. The number of nitrogens with one attached hydrogen (secondary N) is 1. The normalized spacial score (nSPS) is 16.7. The highest BCUT2D eigenvalue weighted by molar-refractivity contribution is 6.03. The Morgan fingerprint density at radius 2 is 2.00 bits per heavy atom. The van der Waals surface area contributed by atoms with Gasteiger partial charge in [-0.3, -0.25) is 4.79 Å². The van der Waals surface area contributed by atoms with E-state index in [1.54, 1.807) is 7.11 Å². The summed E-state index contributed by atoms with van der Waals surface area (Å²) < 4.78 is 5.27. The van der Waals surface area contributed by atoms with Gasteiger partial charge >= 0.3 is 0 Å². The van der Waals surface area contributed by atoms with Crippen molar-refractivity contribution in [2.45, 2.75) is 19.3 Å². The molecule has 2 aromatic carbocycles. The molecule has 1 aliphatic heterocycles. The fourth-order valence-corrected chi connectivity index (χ4v) is 2.78. The van der Waals surface area contributed by atoms with Crippen LogP contribution in [0.4, 0.5) is 5.69 Å². The van der Waals surface area contributed by atoms with E-state index in [9.17, 15) is 4.79 Å². The molecule has 0 radical (unpaired) electrons. The summed E-state index contributed by atoms with van der Waals surface area (Å²) in [5.74, 6) is 0.865. The van der Waals surface area contributed by atoms with Crippen LogP contribution in [0.5, 0.6) is 5.75 Å². The number of anilines is 1. The van der Waals surface area contributed by atoms with Gasteiger partial charge in [-0.05, 0) is 42.2 Å². The molecule has 1 heterocycles. The molecule has 1 atom stereocenters. The molecule has 3 heteroatoms. The van der Waals surface area contributed by atoms with Crippen molar-refractivity contribution in [3.63, 3.8) is 0 Å². The summed E-state index contributed by atoms with van der Waals surface area (Å²) in [7, 11) is 1.67. The highest BCUT2D eigenvalue weighted by Gasteiger charge is 2.30. The minimum Gasteiger partial charge on any atom is -0.496 e. The van der Waals surface area contributed by atoms with Crippen molar-refractivity contribution in [1.82, 2.24) is 0 Å². The first-order chi connectivity index (χ1) is 9.69. The zero-order valence-corrected chi connectivity index (χ0v) is 11.6. The summed E-state index contributed by atoms with van der Waals surface area (Å²) in [6.45, 7) is 2.02. The lowest BCUT2D eigenvalue weighted by Gasteiger charge is -2.11. The zero-order chi connectivity index (χ0) is 14.1. The number of fused-ring (bicyclic) bond motifs is 1. The maximum absolute atomic E-state index is 12.1. The van der Waals surface area contributed by atoms with E-state index in [1.807, 2.05) is 43.3 Å². The minimum atomic E-state index is -0.0982. The largest absolute Gasteiger partial charge is 0.496 e. The van der Waals surface area contributed by atoms with Gasteiger partial charge in [0, 0.05) is 5.69 Å². The Hall–Kier alpha value is -2.29. The van der Waals surface area contributed by atoms with Crippen LogP contribution in [0.1, 0.15) is 22.6 Å². The van der Waals surface area contributed by atoms with Crippen LogP contribution in [-0.2, 0) is 11.2 Å². The number of benzene rings is 2. The third kappa shape index (κ3) is 2.16. The van der Waals surface area contributed by atoms with Gasteiger partial charge in [0.25, 0.3) is 0 Å². The lowest BCUT2D eigenvalue weighted by Crippen LogP contribution is -2.14. The highest BCUT2D eigenvalue weighted by atomic mass is 16.5. The molecule has 0 saturated carbocycles. The second-order valence-corrected chi connectivity index (χ2v) is 5.14. The predicted molar refractivity (Wildman–Crippen MR) is 79.2 cm³/mol. The topological polar surface area (TPSA) is 38.3 Å². The van der Waals surface area contributed by atoms with Gasteiger partial charge in [-0.15, -0.1) is 0 Å². The number of carbonyl (C=O) groups excluding carboxylic acids is 1. The van der Waals surface area contributed by atoms with Crippen LogP contribution in [0.2, 0.25) is 0 Å². The van der Waals surface area contributed by atoms with Gasteiger partial charge in [-0.1, -0.05) is 30.3 Å². The monoisotopic (exact) mass is 267 g/mol. The number of rotatable bonds is 3. The third-order valence-corrected chi connectivity index (χ3v) is 3.81. The van der Waals surface area contributed by atoms with Crippen molar-refractivity contribution in [3.8, 4) is 5.75 Å². The first kappa shape index (κ1) is 12.7. The van der Waals surface area contributed by atoms with E-state index in [-0.39, 0.29) is 11.8 Å². The van der Waals surface area contributed by atoms with Crippen LogP contribution in [0.15, 0.2) is 42.5 Å². The van der Waals surface area contributed by atoms with Crippen LogP contribution < -0.4 is 10.1 Å². The van der Waals surface area contributed by atoms with Gasteiger partial charge in [0.1, 0.15) is 5.75 Å². The summed E-state index contributed by atoms with van der Waals surface area (Å²) in [5.41, 5.74) is 4.27. The van der Waals surface area contributed by atoms with Crippen molar-refractivity contribution in [2.24, 2.45) is 0 Å².